The molecule has 9 amide bonds. The number of phenols is 1. The zero-order valence-corrected chi connectivity index (χ0v) is 35.9. The molecule has 0 aromatic heterocycles. The van der Waals surface area contributed by atoms with E-state index < -0.39 is 139 Å². The van der Waals surface area contributed by atoms with Gasteiger partial charge in [0.1, 0.15) is 48.0 Å². The fraction of sp³-hybridized carbons (Fsp3) is 0.575. The number of carboxylic acid groups (broad SMARTS) is 2. The van der Waals surface area contributed by atoms with Gasteiger partial charge in [-0.1, -0.05) is 26.0 Å². The molecule has 0 spiro atoms. The number of aliphatic hydroxyl groups excluding tert-OH is 1. The Morgan fingerprint density at radius 3 is 1.69 bits per heavy atom. The maximum absolute atomic E-state index is 14.0. The number of nitrogens with zero attached hydrogens (tertiary/aromatic N) is 2. The Balaban J connectivity index is 1.76. The smallest absolute Gasteiger partial charge is 0.326 e. The van der Waals surface area contributed by atoms with Gasteiger partial charge in [-0.2, -0.15) is 0 Å². The van der Waals surface area contributed by atoms with Crippen LogP contribution in [0.2, 0.25) is 0 Å². The number of aromatic hydroxyl groups is 1. The molecule has 65 heavy (non-hydrogen) atoms. The van der Waals surface area contributed by atoms with E-state index in [1.54, 1.807) is 13.8 Å². The normalized spacial score (nSPS) is 18.5. The lowest BCUT2D eigenvalue weighted by Gasteiger charge is -2.32. The number of hydrogen-bond acceptors (Lipinski definition) is 14. The number of benzene rings is 1. The molecule has 2 fully saturated rings. The third kappa shape index (κ3) is 15.4. The van der Waals surface area contributed by atoms with Crippen LogP contribution in [0.1, 0.15) is 70.8 Å². The highest BCUT2D eigenvalue weighted by Crippen LogP contribution is 2.23. The number of nitrogens with two attached hydrogens (primary N) is 3. The molecule has 8 atom stereocenters. The van der Waals surface area contributed by atoms with Crippen molar-refractivity contribution >= 4 is 65.1 Å². The van der Waals surface area contributed by atoms with E-state index in [0.717, 1.165) is 4.90 Å². The molecule has 0 saturated carbocycles. The standard InChI is InChI=1S/C40H58N10O15/c1-19(2)32(48-33(57)22(41)11-12-29(42)53)39(63)50-14-4-6-28(50)37(61)47-26(18-51)35(59)45-24(17-31(55)56)38(62)49-13-3-5-27(49)36(60)44-23(15-20-7-9-21(52)10-8-20)34(58)46-25(40(64)65)16-30(43)54/h7-10,19,22-28,32,51-52H,3-6,11-18,41H2,1-2H3,(H2,42,53)(H2,43,54)(H,44,60)(H,45,59)(H,46,58)(H,47,61)(H,48,57)(H,55,56)(H,64,65)/t22-,23-,24-,25-,26-,27-,28-,32-/m0/s1. The number of nitrogens with one attached hydrogen (secondary N) is 5. The first-order valence-electron chi connectivity index (χ1n) is 20.8. The first-order chi connectivity index (χ1) is 30.5. The molecule has 358 valence electrons. The van der Waals surface area contributed by atoms with Crippen molar-refractivity contribution in [2.45, 2.75) is 120 Å². The molecular weight excluding hydrogens is 860 g/mol. The summed E-state index contributed by atoms with van der Waals surface area (Å²) in [6.45, 7) is 2.22. The third-order valence-corrected chi connectivity index (χ3v) is 10.8. The molecule has 2 heterocycles. The van der Waals surface area contributed by atoms with Gasteiger partial charge in [-0.15, -0.1) is 0 Å². The van der Waals surface area contributed by atoms with Gasteiger partial charge >= 0.3 is 11.9 Å². The van der Waals surface area contributed by atoms with Gasteiger partial charge in [0, 0.05) is 25.9 Å². The van der Waals surface area contributed by atoms with Crippen molar-refractivity contribution in [3.05, 3.63) is 29.8 Å². The lowest BCUT2D eigenvalue weighted by atomic mass is 10.0. The van der Waals surface area contributed by atoms with E-state index in [2.05, 4.69) is 26.6 Å². The highest BCUT2D eigenvalue weighted by atomic mass is 16.4. The van der Waals surface area contributed by atoms with Gasteiger partial charge in [0.15, 0.2) is 0 Å². The second kappa shape index (κ2) is 24.2. The summed E-state index contributed by atoms with van der Waals surface area (Å²) in [6, 6.07) is -6.27. The number of amides is 9. The van der Waals surface area contributed by atoms with Crippen molar-refractivity contribution in [1.82, 2.24) is 36.4 Å². The number of likely N-dealkylation sites (tertiary alicyclic amines) is 2. The molecule has 2 aliphatic rings. The average Bonchev–Trinajstić information content (AvgIpc) is 3.94. The van der Waals surface area contributed by atoms with Gasteiger partial charge in [0.25, 0.3) is 0 Å². The molecule has 1 aromatic carbocycles. The Bertz CT molecular complexity index is 1970. The van der Waals surface area contributed by atoms with Crippen LogP contribution in [0.5, 0.6) is 5.75 Å². The van der Waals surface area contributed by atoms with E-state index in [1.165, 1.54) is 29.2 Å². The number of carboxylic acids is 2. The zero-order chi connectivity index (χ0) is 48.7. The van der Waals surface area contributed by atoms with Crippen LogP contribution in [0, 0.1) is 5.92 Å². The molecule has 0 radical (unpaired) electrons. The molecule has 15 N–H and O–H groups in total. The van der Waals surface area contributed by atoms with E-state index >= 15 is 0 Å². The van der Waals surface area contributed by atoms with Crippen molar-refractivity contribution in [2.75, 3.05) is 19.7 Å². The Kier molecular flexibility index (Phi) is 19.6. The maximum Gasteiger partial charge on any atom is 0.326 e. The molecule has 2 aliphatic heterocycles. The quantitative estimate of drug-likeness (QED) is 0.0462. The van der Waals surface area contributed by atoms with Crippen molar-refractivity contribution in [3.63, 3.8) is 0 Å². The van der Waals surface area contributed by atoms with Gasteiger partial charge in [-0.25, -0.2) is 4.79 Å². The maximum atomic E-state index is 14.0. The van der Waals surface area contributed by atoms with Crippen molar-refractivity contribution in [3.8, 4) is 5.75 Å². The van der Waals surface area contributed by atoms with Crippen molar-refractivity contribution in [2.24, 2.45) is 23.1 Å². The minimum atomic E-state index is -1.85. The number of rotatable bonds is 24. The van der Waals surface area contributed by atoms with Gasteiger partial charge in [0.2, 0.25) is 53.2 Å². The Morgan fingerprint density at radius 2 is 1.20 bits per heavy atom. The van der Waals surface area contributed by atoms with Crippen LogP contribution < -0.4 is 43.8 Å². The first kappa shape index (κ1) is 52.5. The summed E-state index contributed by atoms with van der Waals surface area (Å²) in [7, 11) is 0. The summed E-state index contributed by atoms with van der Waals surface area (Å²) in [5, 5.41) is 50.9. The van der Waals surface area contributed by atoms with Gasteiger partial charge in [0.05, 0.1) is 25.5 Å². The monoisotopic (exact) mass is 918 g/mol. The minimum Gasteiger partial charge on any atom is -0.508 e. The number of hydrogen-bond donors (Lipinski definition) is 12. The Hall–Kier alpha value is -6.89. The highest BCUT2D eigenvalue weighted by Gasteiger charge is 2.43. The number of primary amides is 2. The summed E-state index contributed by atoms with van der Waals surface area (Å²) in [6.07, 6.45) is -1.61. The number of phenolic OH excluding ortho intramolecular Hbond substituents is 1. The highest BCUT2D eigenvalue weighted by molar-refractivity contribution is 5.99. The number of carbonyl (C=O) groups excluding carboxylic acids is 9. The van der Waals surface area contributed by atoms with Gasteiger partial charge in [-0.05, 0) is 55.7 Å². The minimum absolute atomic E-state index is 0.00760. The second-order valence-electron chi connectivity index (χ2n) is 16.1. The fourth-order valence-electron chi connectivity index (χ4n) is 7.32. The van der Waals surface area contributed by atoms with E-state index in [9.17, 15) is 73.2 Å². The number of carbonyl (C=O) groups is 11. The van der Waals surface area contributed by atoms with Crippen LogP contribution in [0.15, 0.2) is 24.3 Å². The molecular formula is C40H58N10O15. The Labute approximate surface area is 372 Å². The third-order valence-electron chi connectivity index (χ3n) is 10.8. The molecule has 3 rings (SSSR count). The molecule has 0 unspecified atom stereocenters. The lowest BCUT2D eigenvalue weighted by Crippen LogP contribution is -2.61. The van der Waals surface area contributed by atoms with E-state index in [1.807, 2.05) is 0 Å². The van der Waals surface area contributed by atoms with Crippen molar-refractivity contribution in [1.29, 1.82) is 0 Å². The second-order valence-corrected chi connectivity index (χ2v) is 16.1. The molecule has 0 aliphatic carbocycles. The Morgan fingerprint density at radius 1 is 0.677 bits per heavy atom. The van der Waals surface area contributed by atoms with Crippen LogP contribution in [-0.4, -0.2) is 163 Å². The summed E-state index contributed by atoms with van der Waals surface area (Å²) in [5.41, 5.74) is 16.5. The van der Waals surface area contributed by atoms with Crippen LogP contribution in [0.25, 0.3) is 0 Å². The lowest BCUT2D eigenvalue weighted by molar-refractivity contribution is -0.147. The molecule has 1 aromatic rings. The van der Waals surface area contributed by atoms with Crippen LogP contribution in [-0.2, 0) is 59.2 Å². The zero-order valence-electron chi connectivity index (χ0n) is 35.9. The van der Waals surface area contributed by atoms with E-state index in [0.29, 0.717) is 12.0 Å². The summed E-state index contributed by atoms with van der Waals surface area (Å²) in [4.78, 5) is 143. The van der Waals surface area contributed by atoms with E-state index in [4.69, 9.17) is 17.2 Å². The van der Waals surface area contributed by atoms with Crippen LogP contribution >= 0.6 is 0 Å². The molecule has 25 nitrogen and oxygen atoms in total. The SMILES string of the molecule is CC(C)[C@H](NC(=O)[C@@H](N)CCC(N)=O)C(=O)N1CCC[C@H]1C(=O)N[C@@H](CO)C(=O)N[C@@H](CC(=O)O)C(=O)N1CCC[C@H]1C(=O)N[C@@H](Cc1ccc(O)cc1)C(=O)N[C@@H](CC(N)=O)C(=O)O. The molecule has 0 bridgehead atoms. The van der Waals surface area contributed by atoms with Gasteiger partial charge in [-0.3, -0.25) is 47.9 Å². The summed E-state index contributed by atoms with van der Waals surface area (Å²) in [5.74, 6) is -11.9. The van der Waals surface area contributed by atoms with Gasteiger partial charge < -0.3 is 74.0 Å². The predicted molar refractivity (Wildman–Crippen MR) is 223 cm³/mol. The first-order valence-corrected chi connectivity index (χ1v) is 20.8. The molecule has 2 saturated heterocycles. The topological polar surface area (TPSA) is 413 Å². The largest absolute Gasteiger partial charge is 0.508 e. The summed E-state index contributed by atoms with van der Waals surface area (Å²) >= 11 is 0. The predicted octanol–water partition coefficient (Wildman–Crippen LogP) is -4.98. The van der Waals surface area contributed by atoms with Crippen molar-refractivity contribution < 1.29 is 73.2 Å². The van der Waals surface area contributed by atoms with Crippen LogP contribution in [0.3, 0.4) is 0 Å². The number of aliphatic hydroxyl groups is 1. The summed E-state index contributed by atoms with van der Waals surface area (Å²) < 4.78 is 0. The van der Waals surface area contributed by atoms with E-state index in [-0.39, 0.29) is 57.4 Å². The molecule has 25 heteroatoms. The number of aliphatic carboxylic acids is 2. The fourth-order valence-corrected chi connectivity index (χ4v) is 7.32. The average molecular weight is 919 g/mol. The van der Waals surface area contributed by atoms with Crippen LogP contribution in [0.4, 0.5) is 0 Å².